The Bertz CT molecular complexity index is 885. The van der Waals surface area contributed by atoms with E-state index in [1.165, 1.54) is 19.2 Å². The number of anilines is 1. The highest BCUT2D eigenvalue weighted by Gasteiger charge is 2.34. The molecule has 0 saturated heterocycles. The van der Waals surface area contributed by atoms with Gasteiger partial charge in [0.2, 0.25) is 0 Å². The van der Waals surface area contributed by atoms with Crippen molar-refractivity contribution in [1.29, 1.82) is 0 Å². The SMILES string of the molecule is CC(=NOCc1c(NC(=O)N(C)N)cccc1C(F)(F)F)c1cccc(Cl)c1. The monoisotopic (exact) mass is 414 g/mol. The molecule has 0 aliphatic carbocycles. The third kappa shape index (κ3) is 5.61. The number of carbonyl (C=O) groups excluding carboxylic acids is 1. The third-order valence-electron chi connectivity index (χ3n) is 3.70. The topological polar surface area (TPSA) is 80.0 Å². The number of benzene rings is 2. The van der Waals surface area contributed by atoms with Gasteiger partial charge < -0.3 is 10.2 Å². The molecule has 2 aromatic carbocycles. The summed E-state index contributed by atoms with van der Waals surface area (Å²) in [6.07, 6.45) is -4.64. The number of hydrazine groups is 1. The number of alkyl halides is 3. The van der Waals surface area contributed by atoms with Gasteiger partial charge >= 0.3 is 12.2 Å². The van der Waals surface area contributed by atoms with Crippen LogP contribution in [-0.4, -0.2) is 23.8 Å². The molecule has 2 aromatic rings. The van der Waals surface area contributed by atoms with E-state index in [1.807, 2.05) is 0 Å². The van der Waals surface area contributed by atoms with Crippen LogP contribution >= 0.6 is 11.6 Å². The second kappa shape index (κ2) is 8.94. The molecule has 150 valence electrons. The molecular formula is C18H18ClF3N4O2. The molecule has 0 bridgehead atoms. The highest BCUT2D eigenvalue weighted by Crippen LogP contribution is 2.35. The Morgan fingerprint density at radius 3 is 2.57 bits per heavy atom. The predicted molar refractivity (Wildman–Crippen MR) is 101 cm³/mol. The molecule has 0 aliphatic heterocycles. The average molecular weight is 415 g/mol. The molecule has 0 unspecified atom stereocenters. The fraction of sp³-hybridized carbons (Fsp3) is 0.222. The van der Waals surface area contributed by atoms with Crippen LogP contribution in [0.3, 0.4) is 0 Å². The number of hydrogen-bond acceptors (Lipinski definition) is 4. The van der Waals surface area contributed by atoms with E-state index in [2.05, 4.69) is 10.5 Å². The highest BCUT2D eigenvalue weighted by atomic mass is 35.5. The molecule has 0 fully saturated rings. The number of rotatable bonds is 5. The second-order valence-electron chi connectivity index (χ2n) is 5.83. The summed E-state index contributed by atoms with van der Waals surface area (Å²) in [6, 6.07) is 9.40. The van der Waals surface area contributed by atoms with Gasteiger partial charge in [-0.25, -0.2) is 10.6 Å². The lowest BCUT2D eigenvalue weighted by atomic mass is 10.1. The van der Waals surface area contributed by atoms with Crippen molar-refractivity contribution in [3.8, 4) is 0 Å². The van der Waals surface area contributed by atoms with E-state index in [0.29, 0.717) is 21.3 Å². The van der Waals surface area contributed by atoms with Crippen LogP contribution in [0.15, 0.2) is 47.6 Å². The maximum atomic E-state index is 13.4. The maximum absolute atomic E-state index is 13.4. The van der Waals surface area contributed by atoms with Gasteiger partial charge in [0.25, 0.3) is 0 Å². The summed E-state index contributed by atoms with van der Waals surface area (Å²) in [4.78, 5) is 16.9. The lowest BCUT2D eigenvalue weighted by Crippen LogP contribution is -2.37. The molecule has 0 atom stereocenters. The summed E-state index contributed by atoms with van der Waals surface area (Å²) in [5.41, 5.74) is -0.199. The molecule has 6 nitrogen and oxygen atoms in total. The van der Waals surface area contributed by atoms with Gasteiger partial charge in [-0.05, 0) is 31.2 Å². The Balaban J connectivity index is 2.29. The molecule has 2 rings (SSSR count). The van der Waals surface area contributed by atoms with Gasteiger partial charge in [0.05, 0.1) is 11.3 Å². The molecule has 0 spiro atoms. The minimum absolute atomic E-state index is 0.0762. The fourth-order valence-electron chi connectivity index (χ4n) is 2.29. The maximum Gasteiger partial charge on any atom is 0.416 e. The first kappa shape index (κ1) is 21.5. The number of nitrogens with zero attached hydrogens (tertiary/aromatic N) is 2. The minimum Gasteiger partial charge on any atom is -0.391 e. The average Bonchev–Trinajstić information content (AvgIpc) is 2.61. The van der Waals surface area contributed by atoms with Crippen molar-refractivity contribution >= 4 is 29.0 Å². The summed E-state index contributed by atoms with van der Waals surface area (Å²) in [5.74, 6) is 5.31. The molecule has 10 heteroatoms. The Labute approximate surface area is 164 Å². The number of oxime groups is 1. The Kier molecular flexibility index (Phi) is 6.87. The van der Waals surface area contributed by atoms with Crippen LogP contribution in [0.2, 0.25) is 5.02 Å². The van der Waals surface area contributed by atoms with Crippen molar-refractivity contribution in [3.05, 3.63) is 64.2 Å². The predicted octanol–water partition coefficient (Wildman–Crippen LogP) is 4.64. The molecule has 0 saturated carbocycles. The van der Waals surface area contributed by atoms with Gasteiger partial charge in [-0.3, -0.25) is 5.01 Å². The zero-order chi connectivity index (χ0) is 20.9. The number of amides is 2. The molecule has 3 N–H and O–H groups in total. The van der Waals surface area contributed by atoms with E-state index >= 15 is 0 Å². The molecule has 0 aliphatic rings. The highest BCUT2D eigenvalue weighted by molar-refractivity contribution is 6.31. The van der Waals surface area contributed by atoms with Crippen molar-refractivity contribution in [2.75, 3.05) is 12.4 Å². The van der Waals surface area contributed by atoms with Crippen LogP contribution in [0.1, 0.15) is 23.6 Å². The van der Waals surface area contributed by atoms with E-state index < -0.39 is 24.4 Å². The fourth-order valence-corrected chi connectivity index (χ4v) is 2.48. The van der Waals surface area contributed by atoms with Gasteiger partial charge in [0, 0.05) is 28.9 Å². The quantitative estimate of drug-likeness (QED) is 0.324. The number of urea groups is 1. The first-order chi connectivity index (χ1) is 13.1. The van der Waals surface area contributed by atoms with Crippen molar-refractivity contribution < 1.29 is 22.8 Å². The number of carbonyl (C=O) groups is 1. The van der Waals surface area contributed by atoms with E-state index in [0.717, 1.165) is 6.07 Å². The van der Waals surface area contributed by atoms with Crippen molar-refractivity contribution in [2.24, 2.45) is 11.0 Å². The van der Waals surface area contributed by atoms with Crippen molar-refractivity contribution in [1.82, 2.24) is 5.01 Å². The van der Waals surface area contributed by atoms with E-state index in [9.17, 15) is 18.0 Å². The van der Waals surface area contributed by atoms with Crippen molar-refractivity contribution in [2.45, 2.75) is 19.7 Å². The number of nitrogens with two attached hydrogens (primary N) is 1. The summed E-state index contributed by atoms with van der Waals surface area (Å²) in [7, 11) is 1.26. The molecule has 28 heavy (non-hydrogen) atoms. The number of halogens is 4. The normalized spacial score (nSPS) is 11.9. The molecule has 0 radical (unpaired) electrons. The smallest absolute Gasteiger partial charge is 0.391 e. The molecule has 2 amide bonds. The number of hydrogen-bond donors (Lipinski definition) is 2. The van der Waals surface area contributed by atoms with Crippen LogP contribution in [0.5, 0.6) is 0 Å². The van der Waals surface area contributed by atoms with Crippen LogP contribution in [-0.2, 0) is 17.6 Å². The molecule has 0 heterocycles. The van der Waals surface area contributed by atoms with Crippen molar-refractivity contribution in [3.63, 3.8) is 0 Å². The van der Waals surface area contributed by atoms with Crippen LogP contribution in [0.25, 0.3) is 0 Å². The minimum atomic E-state index is -4.64. The van der Waals surface area contributed by atoms with E-state index in [4.69, 9.17) is 22.3 Å². The second-order valence-corrected chi connectivity index (χ2v) is 6.27. The van der Waals surface area contributed by atoms with Gasteiger partial charge in [-0.1, -0.05) is 35.0 Å². The Morgan fingerprint density at radius 1 is 1.29 bits per heavy atom. The summed E-state index contributed by atoms with van der Waals surface area (Å²) in [6.45, 7) is 1.12. The lowest BCUT2D eigenvalue weighted by molar-refractivity contribution is -0.138. The first-order valence-corrected chi connectivity index (χ1v) is 8.38. The van der Waals surface area contributed by atoms with Gasteiger partial charge in [0.15, 0.2) is 0 Å². The molecule has 0 aromatic heterocycles. The van der Waals surface area contributed by atoms with Gasteiger partial charge in [-0.2, -0.15) is 13.2 Å². The Morgan fingerprint density at radius 2 is 1.96 bits per heavy atom. The first-order valence-electron chi connectivity index (χ1n) is 8.00. The van der Waals surface area contributed by atoms with E-state index in [-0.39, 0.29) is 11.3 Å². The number of nitrogens with one attached hydrogen (secondary N) is 1. The van der Waals surface area contributed by atoms with Gasteiger partial charge in [-0.15, -0.1) is 0 Å². The Hall–Kier alpha value is -2.78. The third-order valence-corrected chi connectivity index (χ3v) is 3.93. The summed E-state index contributed by atoms with van der Waals surface area (Å²) < 4.78 is 40.1. The lowest BCUT2D eigenvalue weighted by Gasteiger charge is -2.18. The van der Waals surface area contributed by atoms with E-state index in [1.54, 1.807) is 31.2 Å². The summed E-state index contributed by atoms with van der Waals surface area (Å²) in [5, 5.41) is 7.37. The summed E-state index contributed by atoms with van der Waals surface area (Å²) >= 11 is 5.91. The largest absolute Gasteiger partial charge is 0.416 e. The van der Waals surface area contributed by atoms with Crippen LogP contribution in [0.4, 0.5) is 23.7 Å². The van der Waals surface area contributed by atoms with Crippen LogP contribution < -0.4 is 11.2 Å². The van der Waals surface area contributed by atoms with Gasteiger partial charge in [0.1, 0.15) is 6.61 Å². The zero-order valence-electron chi connectivity index (χ0n) is 15.0. The zero-order valence-corrected chi connectivity index (χ0v) is 15.8. The molecular weight excluding hydrogens is 397 g/mol. The van der Waals surface area contributed by atoms with Crippen LogP contribution in [0, 0.1) is 0 Å². The standard InChI is InChI=1S/C18H18ClF3N4O2/c1-11(12-5-3-6-13(19)9-12)25-28-10-14-15(18(20,21)22)7-4-8-16(14)24-17(27)26(2)23/h3-9H,10,23H2,1-2H3,(H,24,27).